The van der Waals surface area contributed by atoms with Gasteiger partial charge in [0, 0.05) is 49.7 Å². The first-order chi connectivity index (χ1) is 16.1. The van der Waals surface area contributed by atoms with Gasteiger partial charge in [-0.1, -0.05) is 18.2 Å². The summed E-state index contributed by atoms with van der Waals surface area (Å²) in [5.74, 6) is 0.263. The molecule has 1 N–H and O–H groups in total. The second-order valence-corrected chi connectivity index (χ2v) is 7.80. The SMILES string of the molecule is CC(=O)Nc1cccc(-c2nccnc2C2=CCN(c3cnc4ccc(F)cc4n3)CC2)c1. The van der Waals surface area contributed by atoms with Gasteiger partial charge in [0.25, 0.3) is 0 Å². The lowest BCUT2D eigenvalue weighted by Crippen LogP contribution is -2.29. The van der Waals surface area contributed by atoms with Crippen LogP contribution in [0.15, 0.2) is 67.1 Å². The van der Waals surface area contributed by atoms with E-state index in [-0.39, 0.29) is 11.7 Å². The number of hydrogen-bond acceptors (Lipinski definition) is 6. The van der Waals surface area contributed by atoms with Crippen LogP contribution in [-0.4, -0.2) is 38.9 Å². The van der Waals surface area contributed by atoms with Gasteiger partial charge in [-0.2, -0.15) is 0 Å². The number of benzene rings is 2. The highest BCUT2D eigenvalue weighted by atomic mass is 19.1. The van der Waals surface area contributed by atoms with Crippen LogP contribution in [0.4, 0.5) is 15.9 Å². The zero-order valence-corrected chi connectivity index (χ0v) is 18.0. The molecular weight excluding hydrogens is 419 g/mol. The summed E-state index contributed by atoms with van der Waals surface area (Å²) in [6, 6.07) is 12.0. The third kappa shape index (κ3) is 4.41. The maximum absolute atomic E-state index is 13.6. The van der Waals surface area contributed by atoms with Gasteiger partial charge in [0.1, 0.15) is 11.6 Å². The van der Waals surface area contributed by atoms with Crippen LogP contribution in [0.1, 0.15) is 19.0 Å². The molecule has 33 heavy (non-hydrogen) atoms. The summed E-state index contributed by atoms with van der Waals surface area (Å²) < 4.78 is 13.6. The minimum atomic E-state index is -0.326. The average Bonchev–Trinajstić information content (AvgIpc) is 2.83. The maximum atomic E-state index is 13.6. The second-order valence-electron chi connectivity index (χ2n) is 7.80. The van der Waals surface area contributed by atoms with Crippen molar-refractivity contribution in [3.63, 3.8) is 0 Å². The van der Waals surface area contributed by atoms with Gasteiger partial charge in [0.05, 0.1) is 28.6 Å². The minimum Gasteiger partial charge on any atom is -0.351 e. The smallest absolute Gasteiger partial charge is 0.221 e. The van der Waals surface area contributed by atoms with Gasteiger partial charge in [0.2, 0.25) is 5.91 Å². The van der Waals surface area contributed by atoms with E-state index in [1.807, 2.05) is 24.3 Å². The molecule has 3 heterocycles. The summed E-state index contributed by atoms with van der Waals surface area (Å²) in [6.07, 6.45) is 7.95. The van der Waals surface area contributed by atoms with Crippen molar-refractivity contribution in [3.05, 3.63) is 78.6 Å². The molecule has 7 nitrogen and oxygen atoms in total. The van der Waals surface area contributed by atoms with Crippen molar-refractivity contribution in [2.75, 3.05) is 23.3 Å². The summed E-state index contributed by atoms with van der Waals surface area (Å²) in [7, 11) is 0. The van der Waals surface area contributed by atoms with Crippen molar-refractivity contribution in [2.45, 2.75) is 13.3 Å². The van der Waals surface area contributed by atoms with E-state index in [0.717, 1.165) is 35.5 Å². The van der Waals surface area contributed by atoms with Crippen LogP contribution in [0.25, 0.3) is 27.9 Å². The standard InChI is InChI=1S/C25H21FN6O/c1-16(33)30-20-4-2-3-18(13-20)25-24(27-9-10-28-25)17-7-11-32(12-8-17)23-15-29-21-6-5-19(26)14-22(21)31-23/h2-7,9-10,13-15H,8,11-12H2,1H3,(H,30,33). The monoisotopic (exact) mass is 440 g/mol. The molecule has 8 heteroatoms. The number of fused-ring (bicyclic) bond motifs is 1. The number of amides is 1. The summed E-state index contributed by atoms with van der Waals surface area (Å²) >= 11 is 0. The highest BCUT2D eigenvalue weighted by Crippen LogP contribution is 2.31. The number of nitrogens with zero attached hydrogens (tertiary/aromatic N) is 5. The Labute approximate surface area is 190 Å². The first-order valence-electron chi connectivity index (χ1n) is 10.6. The molecule has 0 spiro atoms. The molecule has 0 saturated heterocycles. The molecule has 0 atom stereocenters. The molecule has 1 aliphatic heterocycles. The molecule has 0 unspecified atom stereocenters. The summed E-state index contributed by atoms with van der Waals surface area (Å²) in [5, 5.41) is 2.81. The quantitative estimate of drug-likeness (QED) is 0.504. The van der Waals surface area contributed by atoms with Gasteiger partial charge in [-0.25, -0.2) is 9.37 Å². The van der Waals surface area contributed by atoms with Crippen molar-refractivity contribution in [1.82, 2.24) is 19.9 Å². The molecule has 2 aromatic carbocycles. The van der Waals surface area contributed by atoms with Crippen molar-refractivity contribution < 1.29 is 9.18 Å². The molecule has 0 saturated carbocycles. The number of carbonyl (C=O) groups excluding carboxylic acids is 1. The van der Waals surface area contributed by atoms with E-state index in [1.54, 1.807) is 24.7 Å². The largest absolute Gasteiger partial charge is 0.351 e. The Morgan fingerprint density at radius 2 is 1.88 bits per heavy atom. The van der Waals surface area contributed by atoms with E-state index in [9.17, 15) is 9.18 Å². The Bertz CT molecular complexity index is 1390. The molecule has 0 aliphatic carbocycles. The fourth-order valence-electron chi connectivity index (χ4n) is 3.95. The van der Waals surface area contributed by atoms with Crippen LogP contribution in [0, 0.1) is 5.82 Å². The Hall–Kier alpha value is -4.20. The lowest BCUT2D eigenvalue weighted by Gasteiger charge is -2.27. The highest BCUT2D eigenvalue weighted by molar-refractivity contribution is 5.90. The van der Waals surface area contributed by atoms with Gasteiger partial charge < -0.3 is 10.2 Å². The van der Waals surface area contributed by atoms with Crippen molar-refractivity contribution >= 4 is 34.0 Å². The Kier molecular flexibility index (Phi) is 5.48. The zero-order chi connectivity index (χ0) is 22.8. The van der Waals surface area contributed by atoms with E-state index < -0.39 is 0 Å². The predicted octanol–water partition coefficient (Wildman–Crippen LogP) is 4.48. The van der Waals surface area contributed by atoms with Gasteiger partial charge in [-0.15, -0.1) is 0 Å². The minimum absolute atomic E-state index is 0.124. The summed E-state index contributed by atoms with van der Waals surface area (Å²) in [6.45, 7) is 2.84. The lowest BCUT2D eigenvalue weighted by atomic mass is 9.99. The zero-order valence-electron chi connectivity index (χ0n) is 18.0. The van der Waals surface area contributed by atoms with Gasteiger partial charge in [-0.05, 0) is 36.3 Å². The van der Waals surface area contributed by atoms with Gasteiger partial charge in [-0.3, -0.25) is 19.7 Å². The molecule has 0 fully saturated rings. The number of aromatic nitrogens is 4. The highest BCUT2D eigenvalue weighted by Gasteiger charge is 2.19. The first kappa shape index (κ1) is 20.7. The lowest BCUT2D eigenvalue weighted by molar-refractivity contribution is -0.114. The number of rotatable bonds is 4. The average molecular weight is 440 g/mol. The normalized spacial score (nSPS) is 13.6. The second kappa shape index (κ2) is 8.74. The number of carbonyl (C=O) groups is 1. The maximum Gasteiger partial charge on any atom is 0.221 e. The molecule has 0 radical (unpaired) electrons. The van der Waals surface area contributed by atoms with E-state index in [4.69, 9.17) is 0 Å². The fraction of sp³-hybridized carbons (Fsp3) is 0.160. The molecule has 1 amide bonds. The Morgan fingerprint density at radius 3 is 2.67 bits per heavy atom. The molecule has 2 aromatic heterocycles. The van der Waals surface area contributed by atoms with E-state index in [1.165, 1.54) is 19.1 Å². The van der Waals surface area contributed by atoms with Crippen molar-refractivity contribution in [3.8, 4) is 11.3 Å². The number of nitrogens with one attached hydrogen (secondary N) is 1. The summed E-state index contributed by atoms with van der Waals surface area (Å²) in [4.78, 5) is 31.7. The molecule has 0 bridgehead atoms. The van der Waals surface area contributed by atoms with Crippen LogP contribution in [0.3, 0.4) is 0 Å². The first-order valence-corrected chi connectivity index (χ1v) is 10.6. The third-order valence-corrected chi connectivity index (χ3v) is 5.48. The summed E-state index contributed by atoms with van der Waals surface area (Å²) in [5.41, 5.74) is 5.49. The van der Waals surface area contributed by atoms with Crippen molar-refractivity contribution in [2.24, 2.45) is 0 Å². The molecule has 4 aromatic rings. The van der Waals surface area contributed by atoms with Crippen LogP contribution >= 0.6 is 0 Å². The van der Waals surface area contributed by atoms with E-state index in [0.29, 0.717) is 29.1 Å². The topological polar surface area (TPSA) is 83.9 Å². The molecule has 1 aliphatic rings. The Balaban J connectivity index is 1.42. The van der Waals surface area contributed by atoms with E-state index in [2.05, 4.69) is 36.2 Å². The molecule has 164 valence electrons. The fourth-order valence-corrected chi connectivity index (χ4v) is 3.95. The van der Waals surface area contributed by atoms with Crippen LogP contribution in [-0.2, 0) is 4.79 Å². The number of hydrogen-bond donors (Lipinski definition) is 1. The van der Waals surface area contributed by atoms with Crippen molar-refractivity contribution in [1.29, 1.82) is 0 Å². The van der Waals surface area contributed by atoms with E-state index >= 15 is 0 Å². The third-order valence-electron chi connectivity index (χ3n) is 5.48. The molecule has 5 rings (SSSR count). The predicted molar refractivity (Wildman–Crippen MR) is 126 cm³/mol. The molecular formula is C25H21FN6O. The Morgan fingerprint density at radius 1 is 1.03 bits per heavy atom. The number of anilines is 2. The van der Waals surface area contributed by atoms with Crippen LogP contribution in [0.2, 0.25) is 0 Å². The number of halogens is 1. The van der Waals surface area contributed by atoms with Gasteiger partial charge >= 0.3 is 0 Å². The van der Waals surface area contributed by atoms with Gasteiger partial charge in [0.15, 0.2) is 0 Å². The van der Waals surface area contributed by atoms with Crippen LogP contribution < -0.4 is 10.2 Å². The van der Waals surface area contributed by atoms with Crippen LogP contribution in [0.5, 0.6) is 0 Å².